The maximum atomic E-state index is 10.7. The van der Waals surface area contributed by atoms with Crippen LogP contribution in [0.25, 0.3) is 0 Å². The predicted molar refractivity (Wildman–Crippen MR) is 52.2 cm³/mol. The molecule has 0 aromatic heterocycles. The lowest BCUT2D eigenvalue weighted by Crippen LogP contribution is -2.24. The fourth-order valence-corrected chi connectivity index (χ4v) is 1.76. The highest BCUT2D eigenvalue weighted by molar-refractivity contribution is 6.43. The van der Waals surface area contributed by atoms with Crippen LogP contribution in [0, 0.1) is 0 Å². The lowest BCUT2D eigenvalue weighted by molar-refractivity contribution is -0.144. The van der Waals surface area contributed by atoms with Crippen molar-refractivity contribution in [1.29, 1.82) is 0 Å². The number of fused-ring (bicyclic) bond motifs is 1. The summed E-state index contributed by atoms with van der Waals surface area (Å²) in [5.41, 5.74) is 0.784. The van der Waals surface area contributed by atoms with Crippen molar-refractivity contribution in [2.24, 2.45) is 0 Å². The molecule has 1 aliphatic rings. The van der Waals surface area contributed by atoms with Gasteiger partial charge in [-0.15, -0.1) is 0 Å². The van der Waals surface area contributed by atoms with Crippen molar-refractivity contribution in [3.05, 3.63) is 27.7 Å². The third kappa shape index (κ3) is 1.42. The Bertz CT molecular complexity index is 403. The van der Waals surface area contributed by atoms with Crippen molar-refractivity contribution in [2.75, 3.05) is 0 Å². The number of benzene rings is 1. The van der Waals surface area contributed by atoms with Gasteiger partial charge < -0.3 is 9.84 Å². The molecule has 1 aliphatic heterocycles. The summed E-state index contributed by atoms with van der Waals surface area (Å²) < 4.78 is 5.16. The largest absolute Gasteiger partial charge is 0.478 e. The smallest absolute Gasteiger partial charge is 0.345 e. The molecule has 1 N–H and O–H groups in total. The Labute approximate surface area is 90.2 Å². The number of hydrogen-bond acceptors (Lipinski definition) is 2. The van der Waals surface area contributed by atoms with Gasteiger partial charge in [-0.2, -0.15) is 0 Å². The lowest BCUT2D eigenvalue weighted by Gasteiger charge is -2.05. The van der Waals surface area contributed by atoms with Gasteiger partial charge in [0.25, 0.3) is 0 Å². The standard InChI is InChI=1S/C9H6Cl2O3/c10-5-2-1-4-3-6(9(12)13)14-8(4)7(5)11/h1-2,6H,3H2,(H,12,13)/t6-/m1/s1. The lowest BCUT2D eigenvalue weighted by atomic mass is 10.1. The number of carboxylic acids is 1. The van der Waals surface area contributed by atoms with Gasteiger partial charge in [0.15, 0.2) is 6.10 Å². The zero-order chi connectivity index (χ0) is 10.3. The summed E-state index contributed by atoms with van der Waals surface area (Å²) >= 11 is 11.6. The minimum Gasteiger partial charge on any atom is -0.478 e. The Hall–Kier alpha value is -0.930. The Morgan fingerprint density at radius 2 is 2.21 bits per heavy atom. The average Bonchev–Trinajstić information content (AvgIpc) is 2.56. The first-order valence-electron chi connectivity index (χ1n) is 3.96. The number of ether oxygens (including phenoxy) is 1. The fourth-order valence-electron chi connectivity index (χ4n) is 1.38. The molecular weight excluding hydrogens is 227 g/mol. The normalized spacial score (nSPS) is 18.9. The second-order valence-corrected chi connectivity index (χ2v) is 3.78. The molecule has 14 heavy (non-hydrogen) atoms. The van der Waals surface area contributed by atoms with Crippen molar-refractivity contribution in [2.45, 2.75) is 12.5 Å². The fraction of sp³-hybridized carbons (Fsp3) is 0.222. The molecule has 74 valence electrons. The number of rotatable bonds is 1. The number of carbonyl (C=O) groups is 1. The van der Waals surface area contributed by atoms with Crippen LogP contribution in [0.5, 0.6) is 5.75 Å². The van der Waals surface area contributed by atoms with Crippen molar-refractivity contribution < 1.29 is 14.6 Å². The zero-order valence-electron chi connectivity index (χ0n) is 6.96. The molecule has 0 saturated carbocycles. The van der Waals surface area contributed by atoms with Crippen LogP contribution >= 0.6 is 23.2 Å². The minimum atomic E-state index is -0.992. The van der Waals surface area contributed by atoms with Gasteiger partial charge in [-0.25, -0.2) is 4.79 Å². The van der Waals surface area contributed by atoms with Gasteiger partial charge in [-0.1, -0.05) is 29.3 Å². The van der Waals surface area contributed by atoms with Crippen molar-refractivity contribution in [3.8, 4) is 5.75 Å². The van der Waals surface area contributed by atoms with E-state index >= 15 is 0 Å². The number of halogens is 2. The molecule has 0 aliphatic carbocycles. The average molecular weight is 233 g/mol. The van der Waals surface area contributed by atoms with Crippen molar-refractivity contribution in [1.82, 2.24) is 0 Å². The maximum Gasteiger partial charge on any atom is 0.345 e. The molecule has 0 spiro atoms. The first kappa shape index (κ1) is 9.62. The molecule has 0 saturated heterocycles. The molecule has 5 heteroatoms. The van der Waals surface area contributed by atoms with Crippen LogP contribution in [0.2, 0.25) is 10.0 Å². The first-order valence-corrected chi connectivity index (χ1v) is 4.71. The van der Waals surface area contributed by atoms with E-state index in [9.17, 15) is 4.79 Å². The van der Waals surface area contributed by atoms with Crippen LogP contribution < -0.4 is 4.74 Å². The second-order valence-electron chi connectivity index (χ2n) is 3.00. The van der Waals surface area contributed by atoms with E-state index in [1.807, 2.05) is 0 Å². The number of aliphatic carboxylic acids is 1. The van der Waals surface area contributed by atoms with Crippen LogP contribution in [0.1, 0.15) is 5.56 Å². The summed E-state index contributed by atoms with van der Waals surface area (Å²) in [5.74, 6) is -0.597. The predicted octanol–water partition coefficient (Wildman–Crippen LogP) is 2.38. The quantitative estimate of drug-likeness (QED) is 0.809. The number of hydrogen-bond donors (Lipinski definition) is 1. The van der Waals surface area contributed by atoms with Crippen LogP contribution in [0.3, 0.4) is 0 Å². The van der Waals surface area contributed by atoms with Gasteiger partial charge in [-0.05, 0) is 6.07 Å². The molecule has 0 radical (unpaired) electrons. The highest BCUT2D eigenvalue weighted by Gasteiger charge is 2.30. The van der Waals surface area contributed by atoms with E-state index in [4.69, 9.17) is 33.0 Å². The van der Waals surface area contributed by atoms with Crippen LogP contribution in [-0.2, 0) is 11.2 Å². The van der Waals surface area contributed by atoms with E-state index < -0.39 is 12.1 Å². The van der Waals surface area contributed by atoms with E-state index in [1.54, 1.807) is 12.1 Å². The molecule has 3 nitrogen and oxygen atoms in total. The van der Waals surface area contributed by atoms with E-state index in [2.05, 4.69) is 0 Å². The SMILES string of the molecule is O=C(O)[C@H]1Cc2ccc(Cl)c(Cl)c2O1. The third-order valence-electron chi connectivity index (χ3n) is 2.07. The molecule has 0 bridgehead atoms. The molecule has 0 amide bonds. The van der Waals surface area contributed by atoms with Crippen LogP contribution in [0.4, 0.5) is 0 Å². The Morgan fingerprint density at radius 3 is 2.86 bits per heavy atom. The van der Waals surface area contributed by atoms with Crippen molar-refractivity contribution >= 4 is 29.2 Å². The van der Waals surface area contributed by atoms with Gasteiger partial charge in [0.1, 0.15) is 10.8 Å². The van der Waals surface area contributed by atoms with E-state index in [0.717, 1.165) is 5.56 Å². The summed E-state index contributed by atoms with van der Waals surface area (Å²) in [5, 5.41) is 9.40. The zero-order valence-corrected chi connectivity index (χ0v) is 8.47. The van der Waals surface area contributed by atoms with Crippen molar-refractivity contribution in [3.63, 3.8) is 0 Å². The topological polar surface area (TPSA) is 46.5 Å². The van der Waals surface area contributed by atoms with Gasteiger partial charge >= 0.3 is 5.97 Å². The van der Waals surface area contributed by atoms with Crippen LogP contribution in [-0.4, -0.2) is 17.2 Å². The molecular formula is C9H6Cl2O3. The van der Waals surface area contributed by atoms with Gasteiger partial charge in [0, 0.05) is 12.0 Å². The molecule has 0 fully saturated rings. The van der Waals surface area contributed by atoms with Gasteiger partial charge in [0.2, 0.25) is 0 Å². The molecule has 2 rings (SSSR count). The second kappa shape index (κ2) is 3.33. The molecule has 1 atom stereocenters. The summed E-state index contributed by atoms with van der Waals surface area (Å²) in [6, 6.07) is 3.36. The van der Waals surface area contributed by atoms with E-state index in [1.165, 1.54) is 0 Å². The van der Waals surface area contributed by atoms with Crippen LogP contribution in [0.15, 0.2) is 12.1 Å². The molecule has 1 heterocycles. The monoisotopic (exact) mass is 232 g/mol. The third-order valence-corrected chi connectivity index (χ3v) is 2.86. The Balaban J connectivity index is 2.40. The van der Waals surface area contributed by atoms with E-state index in [0.29, 0.717) is 17.2 Å². The highest BCUT2D eigenvalue weighted by atomic mass is 35.5. The molecule has 0 unspecified atom stereocenters. The summed E-state index contributed by atoms with van der Waals surface area (Å²) in [4.78, 5) is 10.7. The summed E-state index contributed by atoms with van der Waals surface area (Å²) in [6.45, 7) is 0. The van der Waals surface area contributed by atoms with E-state index in [-0.39, 0.29) is 5.02 Å². The number of carboxylic acid groups (broad SMARTS) is 1. The minimum absolute atomic E-state index is 0.285. The van der Waals surface area contributed by atoms with Gasteiger partial charge in [0.05, 0.1) is 5.02 Å². The highest BCUT2D eigenvalue weighted by Crippen LogP contribution is 2.40. The first-order chi connectivity index (χ1) is 6.59. The Kier molecular flexibility index (Phi) is 2.29. The maximum absolute atomic E-state index is 10.7. The summed E-state index contributed by atoms with van der Waals surface area (Å²) in [7, 11) is 0. The molecule has 1 aromatic rings. The summed E-state index contributed by atoms with van der Waals surface area (Å²) in [6.07, 6.45) is -0.511. The van der Waals surface area contributed by atoms with Gasteiger partial charge in [-0.3, -0.25) is 0 Å². The molecule has 1 aromatic carbocycles. The Morgan fingerprint density at radius 1 is 1.50 bits per heavy atom.